The number of amides is 1. The minimum Gasteiger partial charge on any atom is -0.322 e. The fourth-order valence-electron chi connectivity index (χ4n) is 3.32. The number of thioether (sulfide) groups is 1. The Labute approximate surface area is 203 Å². The van der Waals surface area contributed by atoms with Gasteiger partial charge < -0.3 is 9.72 Å². The molecule has 0 radical (unpaired) electrons. The van der Waals surface area contributed by atoms with Gasteiger partial charge in [-0.15, -0.1) is 11.8 Å². The number of sulfonamides is 1. The summed E-state index contributed by atoms with van der Waals surface area (Å²) >= 11 is 1.64. The summed E-state index contributed by atoms with van der Waals surface area (Å²) in [7, 11) is -3.70. The lowest BCUT2D eigenvalue weighted by Crippen LogP contribution is -2.40. The van der Waals surface area contributed by atoms with Gasteiger partial charge in [-0.3, -0.25) is 4.79 Å². The third-order valence-electron chi connectivity index (χ3n) is 4.76. The highest BCUT2D eigenvalue weighted by Gasteiger charge is 2.22. The van der Waals surface area contributed by atoms with Gasteiger partial charge in [-0.1, -0.05) is 12.1 Å². The number of nitrogens with one attached hydrogen (secondary N) is 2. The number of fused-ring (bicyclic) bond motifs is 1. The number of carbonyl (C=O) groups is 1. The first-order valence-corrected chi connectivity index (χ1v) is 13.2. The van der Waals surface area contributed by atoms with Crippen LogP contribution in [0, 0.1) is 0 Å². The van der Waals surface area contributed by atoms with Gasteiger partial charge in [0.2, 0.25) is 10.0 Å². The number of imidazole rings is 1. The molecule has 0 spiro atoms. The predicted octanol–water partition coefficient (Wildman–Crippen LogP) is 4.96. The van der Waals surface area contributed by atoms with Crippen LogP contribution in [0.25, 0.3) is 5.65 Å². The van der Waals surface area contributed by atoms with E-state index < -0.39 is 15.6 Å². The zero-order chi connectivity index (χ0) is 24.3. The van der Waals surface area contributed by atoms with Crippen LogP contribution < -0.4 is 10.0 Å². The lowest BCUT2D eigenvalue weighted by molar-refractivity contribution is 0.102. The van der Waals surface area contributed by atoms with E-state index in [-0.39, 0.29) is 10.8 Å². The van der Waals surface area contributed by atoms with Gasteiger partial charge in [-0.05, 0) is 75.4 Å². The molecule has 0 aliphatic rings. The Kier molecular flexibility index (Phi) is 6.79. The number of pyridine rings is 1. The van der Waals surface area contributed by atoms with Gasteiger partial charge in [-0.2, -0.15) is 0 Å². The van der Waals surface area contributed by atoms with Crippen molar-refractivity contribution in [2.24, 2.45) is 0 Å². The van der Waals surface area contributed by atoms with Crippen molar-refractivity contribution in [2.75, 3.05) is 5.32 Å². The lowest BCUT2D eigenvalue weighted by Gasteiger charge is -2.20. The number of rotatable bonds is 7. The van der Waals surface area contributed by atoms with Crippen molar-refractivity contribution in [3.8, 4) is 0 Å². The maximum atomic E-state index is 12.7. The van der Waals surface area contributed by atoms with E-state index in [4.69, 9.17) is 0 Å². The summed E-state index contributed by atoms with van der Waals surface area (Å²) in [4.78, 5) is 18.4. The zero-order valence-electron chi connectivity index (χ0n) is 19.1. The second-order valence-electron chi connectivity index (χ2n) is 8.85. The molecule has 0 aliphatic heterocycles. The molecule has 2 heterocycles. The summed E-state index contributed by atoms with van der Waals surface area (Å²) in [6.07, 6.45) is 3.98. The van der Waals surface area contributed by atoms with Crippen molar-refractivity contribution in [3.63, 3.8) is 0 Å². The van der Waals surface area contributed by atoms with Crippen LogP contribution in [-0.4, -0.2) is 29.2 Å². The number of benzene rings is 2. The highest BCUT2D eigenvalue weighted by Crippen LogP contribution is 2.24. The van der Waals surface area contributed by atoms with Gasteiger partial charge in [0, 0.05) is 39.8 Å². The largest absolute Gasteiger partial charge is 0.322 e. The Morgan fingerprint density at radius 1 is 1.03 bits per heavy atom. The second-order valence-corrected chi connectivity index (χ2v) is 11.6. The smallest absolute Gasteiger partial charge is 0.255 e. The molecule has 9 heteroatoms. The molecule has 0 saturated carbocycles. The number of anilines is 1. The van der Waals surface area contributed by atoms with Crippen molar-refractivity contribution in [1.82, 2.24) is 14.1 Å². The van der Waals surface area contributed by atoms with Gasteiger partial charge in [0.1, 0.15) is 5.65 Å². The minimum atomic E-state index is -3.70. The third kappa shape index (κ3) is 6.05. The molecule has 4 rings (SSSR count). The molecular formula is C25H26N4O3S2. The van der Waals surface area contributed by atoms with Crippen LogP contribution >= 0.6 is 11.8 Å². The normalized spacial score (nSPS) is 12.1. The second kappa shape index (κ2) is 9.61. The van der Waals surface area contributed by atoms with Gasteiger partial charge >= 0.3 is 0 Å². The molecule has 0 unspecified atom stereocenters. The Hall–Kier alpha value is -3.14. The molecule has 176 valence electrons. The van der Waals surface area contributed by atoms with Gasteiger partial charge in [-0.25, -0.2) is 18.1 Å². The third-order valence-corrected chi connectivity index (χ3v) is 7.56. The molecule has 0 atom stereocenters. The highest BCUT2D eigenvalue weighted by molar-refractivity contribution is 7.98. The lowest BCUT2D eigenvalue weighted by atomic mass is 10.1. The van der Waals surface area contributed by atoms with E-state index in [0.29, 0.717) is 11.3 Å². The Balaban J connectivity index is 1.39. The number of carbonyl (C=O) groups excluding carboxylic acids is 1. The van der Waals surface area contributed by atoms with Crippen LogP contribution in [0.3, 0.4) is 0 Å². The first-order valence-electron chi connectivity index (χ1n) is 10.7. The Bertz CT molecular complexity index is 1390. The summed E-state index contributed by atoms with van der Waals surface area (Å²) in [5.41, 5.74) is 2.18. The molecule has 34 heavy (non-hydrogen) atoms. The minimum absolute atomic E-state index is 0.0962. The van der Waals surface area contributed by atoms with Crippen molar-refractivity contribution >= 4 is 39.0 Å². The molecule has 2 aromatic carbocycles. The average Bonchev–Trinajstić information content (AvgIpc) is 3.20. The topological polar surface area (TPSA) is 92.6 Å². The number of nitrogens with zero attached hydrogens (tertiary/aromatic N) is 2. The quantitative estimate of drug-likeness (QED) is 0.355. The highest BCUT2D eigenvalue weighted by atomic mass is 32.2. The van der Waals surface area contributed by atoms with Crippen LogP contribution in [0.2, 0.25) is 0 Å². The predicted molar refractivity (Wildman–Crippen MR) is 136 cm³/mol. The Morgan fingerprint density at radius 2 is 1.79 bits per heavy atom. The van der Waals surface area contributed by atoms with Crippen LogP contribution in [0.4, 0.5) is 5.69 Å². The monoisotopic (exact) mass is 494 g/mol. The van der Waals surface area contributed by atoms with Crippen molar-refractivity contribution in [1.29, 1.82) is 0 Å². The van der Waals surface area contributed by atoms with Crippen molar-refractivity contribution in [2.45, 2.75) is 41.9 Å². The van der Waals surface area contributed by atoms with Crippen LogP contribution in [0.15, 0.2) is 88.9 Å². The summed E-state index contributed by atoms with van der Waals surface area (Å²) < 4.78 is 29.8. The van der Waals surface area contributed by atoms with Crippen LogP contribution in [0.5, 0.6) is 0 Å². The molecule has 1 amide bonds. The molecular weight excluding hydrogens is 468 g/mol. The molecule has 2 N–H and O–H groups in total. The summed E-state index contributed by atoms with van der Waals surface area (Å²) in [6.45, 7) is 5.32. The summed E-state index contributed by atoms with van der Waals surface area (Å²) in [6, 6.07) is 19.4. The maximum Gasteiger partial charge on any atom is 0.255 e. The molecule has 0 bridgehead atoms. The van der Waals surface area contributed by atoms with Crippen molar-refractivity contribution in [3.05, 3.63) is 90.4 Å². The Morgan fingerprint density at radius 3 is 2.50 bits per heavy atom. The fraction of sp³-hybridized carbons (Fsp3) is 0.200. The summed E-state index contributed by atoms with van der Waals surface area (Å²) in [5, 5.41) is 2.78. The maximum absolute atomic E-state index is 12.7. The standard InChI is InChI=1S/C25H26N4O3S2/c1-25(2,3)28-34(31,32)22-8-6-7-19(15-22)27-24(30)18-10-12-21(13-11-18)33-17-20-16-29-14-5-4-9-23(29)26-20/h4-16,28H,17H2,1-3H3,(H,27,30). The number of hydrogen-bond acceptors (Lipinski definition) is 5. The zero-order valence-corrected chi connectivity index (χ0v) is 20.8. The van der Waals surface area contributed by atoms with Gasteiger partial charge in [0.05, 0.1) is 10.6 Å². The first kappa shape index (κ1) is 24.0. The van der Waals surface area contributed by atoms with Crippen LogP contribution in [0.1, 0.15) is 36.8 Å². The molecule has 7 nitrogen and oxygen atoms in total. The molecule has 0 aliphatic carbocycles. The van der Waals surface area contributed by atoms with E-state index in [1.807, 2.05) is 47.1 Å². The SMILES string of the molecule is CC(C)(C)NS(=O)(=O)c1cccc(NC(=O)c2ccc(SCc3cn4ccccc4n3)cc2)c1. The molecule has 0 fully saturated rings. The molecule has 0 saturated heterocycles. The number of aromatic nitrogens is 2. The van der Waals surface area contributed by atoms with E-state index in [2.05, 4.69) is 15.0 Å². The fourth-order valence-corrected chi connectivity index (χ4v) is 5.57. The van der Waals surface area contributed by atoms with Gasteiger partial charge in [0.15, 0.2) is 0 Å². The first-order chi connectivity index (χ1) is 16.1. The number of hydrogen-bond donors (Lipinski definition) is 2. The van der Waals surface area contributed by atoms with E-state index in [1.54, 1.807) is 56.8 Å². The van der Waals surface area contributed by atoms with Gasteiger partial charge in [0.25, 0.3) is 5.91 Å². The van der Waals surface area contributed by atoms with E-state index >= 15 is 0 Å². The van der Waals surface area contributed by atoms with Crippen molar-refractivity contribution < 1.29 is 13.2 Å². The van der Waals surface area contributed by atoms with E-state index in [0.717, 1.165) is 22.0 Å². The molecule has 4 aromatic rings. The van der Waals surface area contributed by atoms with E-state index in [1.165, 1.54) is 12.1 Å². The average molecular weight is 495 g/mol. The molecule has 2 aromatic heterocycles. The van der Waals surface area contributed by atoms with E-state index in [9.17, 15) is 13.2 Å². The van der Waals surface area contributed by atoms with Crippen LogP contribution in [-0.2, 0) is 15.8 Å². The summed E-state index contributed by atoms with van der Waals surface area (Å²) in [5.74, 6) is 0.409.